The first-order chi connectivity index (χ1) is 16.9. The van der Waals surface area contributed by atoms with Gasteiger partial charge in [-0.25, -0.2) is 0 Å². The molecule has 1 unspecified atom stereocenters. The Morgan fingerprint density at radius 2 is 1.83 bits per heavy atom. The molecule has 0 aliphatic heterocycles. The summed E-state index contributed by atoms with van der Waals surface area (Å²) in [6.07, 6.45) is 10.7. The molecule has 0 radical (unpaired) electrons. The molecule has 0 spiro atoms. The molecular formula is C30H41NO3S. The zero-order chi connectivity index (χ0) is 25.2. The lowest BCUT2D eigenvalue weighted by Crippen LogP contribution is -2.22. The second-order valence-corrected chi connectivity index (χ2v) is 11.2. The van der Waals surface area contributed by atoms with Gasteiger partial charge >= 0.3 is 5.97 Å². The van der Waals surface area contributed by atoms with Crippen LogP contribution in [0, 0.1) is 18.8 Å². The van der Waals surface area contributed by atoms with Gasteiger partial charge in [-0.3, -0.25) is 9.59 Å². The average molecular weight is 496 g/mol. The maximum Gasteiger partial charge on any atom is 0.306 e. The normalized spacial score (nSPS) is 15.3. The van der Waals surface area contributed by atoms with Gasteiger partial charge in [0, 0.05) is 18.5 Å². The number of hydrogen-bond acceptors (Lipinski definition) is 4. The monoisotopic (exact) mass is 495 g/mol. The molecule has 0 aromatic heterocycles. The van der Waals surface area contributed by atoms with E-state index in [0.717, 1.165) is 41.5 Å². The molecule has 0 saturated heterocycles. The van der Waals surface area contributed by atoms with Crippen LogP contribution in [0.2, 0.25) is 0 Å². The minimum atomic E-state index is -0.888. The van der Waals surface area contributed by atoms with Gasteiger partial charge in [-0.2, -0.15) is 11.8 Å². The van der Waals surface area contributed by atoms with Crippen molar-refractivity contribution in [1.82, 2.24) is 4.90 Å². The number of Topliss-reactive ketones (excluding diaryl/α,β-unsaturated/α-hetero) is 1. The fourth-order valence-electron chi connectivity index (χ4n) is 5.21. The number of carboxylic acids is 1. The van der Waals surface area contributed by atoms with E-state index in [1.165, 1.54) is 44.1 Å². The minimum absolute atomic E-state index is 0.0371. The zero-order valence-corrected chi connectivity index (χ0v) is 22.4. The fraction of sp³-hybridized carbons (Fsp3) is 0.533. The van der Waals surface area contributed by atoms with Crippen molar-refractivity contribution in [1.29, 1.82) is 0 Å². The highest BCUT2D eigenvalue weighted by Gasteiger charge is 2.24. The van der Waals surface area contributed by atoms with Crippen LogP contribution in [0.3, 0.4) is 0 Å². The van der Waals surface area contributed by atoms with E-state index < -0.39 is 11.9 Å². The smallest absolute Gasteiger partial charge is 0.306 e. The number of thioether (sulfide) groups is 1. The molecule has 1 fully saturated rings. The van der Waals surface area contributed by atoms with Crippen LogP contribution in [0.15, 0.2) is 42.5 Å². The number of carbonyl (C=O) groups excluding carboxylic acids is 1. The van der Waals surface area contributed by atoms with Crippen LogP contribution >= 0.6 is 11.8 Å². The molecule has 2 aromatic rings. The first-order valence-corrected chi connectivity index (χ1v) is 14.4. The van der Waals surface area contributed by atoms with E-state index >= 15 is 0 Å². The van der Waals surface area contributed by atoms with Crippen LogP contribution in [0.4, 0.5) is 0 Å². The third-order valence-corrected chi connectivity index (χ3v) is 8.01. The zero-order valence-electron chi connectivity index (χ0n) is 21.6. The van der Waals surface area contributed by atoms with Crippen LogP contribution < -0.4 is 0 Å². The van der Waals surface area contributed by atoms with E-state index in [9.17, 15) is 14.7 Å². The van der Waals surface area contributed by atoms with Gasteiger partial charge in [0.25, 0.3) is 0 Å². The van der Waals surface area contributed by atoms with Crippen LogP contribution in [0.5, 0.6) is 0 Å². The molecular weight excluding hydrogens is 454 g/mol. The van der Waals surface area contributed by atoms with Crippen molar-refractivity contribution in [3.63, 3.8) is 0 Å². The Bertz CT molecular complexity index is 983. The Morgan fingerprint density at radius 1 is 1.09 bits per heavy atom. The van der Waals surface area contributed by atoms with Gasteiger partial charge in [0.05, 0.1) is 5.92 Å². The van der Waals surface area contributed by atoms with Crippen molar-refractivity contribution in [3.8, 4) is 11.1 Å². The topological polar surface area (TPSA) is 57.6 Å². The van der Waals surface area contributed by atoms with Gasteiger partial charge < -0.3 is 10.0 Å². The second-order valence-electron chi connectivity index (χ2n) is 10.2. The Labute approximate surface area is 215 Å². The van der Waals surface area contributed by atoms with E-state index in [4.69, 9.17) is 0 Å². The average Bonchev–Trinajstić information content (AvgIpc) is 2.86. The highest BCUT2D eigenvalue weighted by atomic mass is 32.2. The summed E-state index contributed by atoms with van der Waals surface area (Å²) in [5.41, 5.74) is 4.88. The Balaban J connectivity index is 1.80. The molecule has 0 bridgehead atoms. The molecule has 190 valence electrons. The number of aryl methyl sites for hydroxylation is 1. The maximum absolute atomic E-state index is 13.4. The SMILES string of the molecule is CSCCC(CC(=O)c1ccc(CN(C)CCC2CCCCC2)cc1-c1ccccc1C)C(=O)O. The summed E-state index contributed by atoms with van der Waals surface area (Å²) >= 11 is 1.61. The number of aliphatic carboxylic acids is 1. The molecule has 3 rings (SSSR count). The molecule has 1 N–H and O–H groups in total. The largest absolute Gasteiger partial charge is 0.481 e. The van der Waals surface area contributed by atoms with E-state index in [1.807, 2.05) is 30.5 Å². The first-order valence-electron chi connectivity index (χ1n) is 13.0. The highest BCUT2D eigenvalue weighted by Crippen LogP contribution is 2.31. The lowest BCUT2D eigenvalue weighted by Gasteiger charge is -2.25. The second kappa shape index (κ2) is 13.8. The summed E-state index contributed by atoms with van der Waals surface area (Å²) < 4.78 is 0. The fourth-order valence-corrected chi connectivity index (χ4v) is 5.73. The third-order valence-electron chi connectivity index (χ3n) is 7.37. The lowest BCUT2D eigenvalue weighted by molar-refractivity contribution is -0.141. The maximum atomic E-state index is 13.4. The van der Waals surface area contributed by atoms with Crippen LogP contribution in [-0.2, 0) is 11.3 Å². The van der Waals surface area contributed by atoms with E-state index in [2.05, 4.69) is 37.1 Å². The van der Waals surface area contributed by atoms with E-state index in [1.54, 1.807) is 11.8 Å². The van der Waals surface area contributed by atoms with Gasteiger partial charge in [0.2, 0.25) is 0 Å². The molecule has 1 aliphatic carbocycles. The van der Waals surface area contributed by atoms with E-state index in [-0.39, 0.29) is 12.2 Å². The van der Waals surface area contributed by atoms with Crippen LogP contribution in [0.25, 0.3) is 11.1 Å². The minimum Gasteiger partial charge on any atom is -0.481 e. The predicted molar refractivity (Wildman–Crippen MR) is 147 cm³/mol. The number of carboxylic acid groups (broad SMARTS) is 1. The summed E-state index contributed by atoms with van der Waals surface area (Å²) in [5.74, 6) is -0.0246. The van der Waals surface area contributed by atoms with Crippen molar-refractivity contribution >= 4 is 23.5 Å². The summed E-state index contributed by atoms with van der Waals surface area (Å²) in [5, 5.41) is 9.65. The molecule has 2 aromatic carbocycles. The van der Waals surface area contributed by atoms with Crippen molar-refractivity contribution in [2.75, 3.05) is 25.6 Å². The molecule has 4 nitrogen and oxygen atoms in total. The van der Waals surface area contributed by atoms with Gasteiger partial charge in [0.1, 0.15) is 0 Å². The molecule has 1 saturated carbocycles. The number of hydrogen-bond donors (Lipinski definition) is 1. The van der Waals surface area contributed by atoms with Gasteiger partial charge in [-0.1, -0.05) is 68.5 Å². The summed E-state index contributed by atoms with van der Waals surface area (Å²) in [6, 6.07) is 14.2. The molecule has 1 atom stereocenters. The number of carbonyl (C=O) groups is 2. The summed E-state index contributed by atoms with van der Waals surface area (Å²) in [4.78, 5) is 27.5. The molecule has 35 heavy (non-hydrogen) atoms. The van der Waals surface area contributed by atoms with Gasteiger partial charge in [-0.15, -0.1) is 0 Å². The molecule has 5 heteroatoms. The third kappa shape index (κ3) is 8.22. The van der Waals surface area contributed by atoms with Gasteiger partial charge in [0.15, 0.2) is 5.78 Å². The Hall–Kier alpha value is -2.11. The van der Waals surface area contributed by atoms with E-state index in [0.29, 0.717) is 12.0 Å². The van der Waals surface area contributed by atoms with Crippen molar-refractivity contribution < 1.29 is 14.7 Å². The van der Waals surface area contributed by atoms with Crippen molar-refractivity contribution in [3.05, 3.63) is 59.2 Å². The molecule has 1 aliphatic rings. The summed E-state index contributed by atoms with van der Waals surface area (Å²) in [6.45, 7) is 3.98. The lowest BCUT2D eigenvalue weighted by atomic mass is 9.87. The van der Waals surface area contributed by atoms with Crippen LogP contribution in [0.1, 0.15) is 72.9 Å². The number of nitrogens with zero attached hydrogens (tertiary/aromatic N) is 1. The van der Waals surface area contributed by atoms with Crippen molar-refractivity contribution in [2.45, 2.75) is 64.8 Å². The molecule has 0 heterocycles. The van der Waals surface area contributed by atoms with Crippen molar-refractivity contribution in [2.24, 2.45) is 11.8 Å². The Morgan fingerprint density at radius 3 is 2.51 bits per heavy atom. The number of rotatable bonds is 13. The number of benzene rings is 2. The summed E-state index contributed by atoms with van der Waals surface area (Å²) in [7, 11) is 2.18. The standard InChI is InChI=1S/C30H41NO3S/c1-22-9-7-8-12-26(22)28-19-24(21-31(2)17-15-23-10-5-4-6-11-23)13-14-27(28)29(32)20-25(30(33)34)16-18-35-3/h7-9,12-14,19,23,25H,4-6,10-11,15-18,20-21H2,1-3H3,(H,33,34). The molecule has 0 amide bonds. The highest BCUT2D eigenvalue weighted by molar-refractivity contribution is 7.98. The van der Waals surface area contributed by atoms with Crippen LogP contribution in [-0.4, -0.2) is 47.4 Å². The number of ketones is 1. The predicted octanol–water partition coefficient (Wildman–Crippen LogP) is 7.09. The van der Waals surface area contributed by atoms with Gasteiger partial charge in [-0.05, 0) is 79.6 Å². The quantitative estimate of drug-likeness (QED) is 0.301. The first kappa shape index (κ1) is 27.5. The Kier molecular flexibility index (Phi) is 10.9.